The van der Waals surface area contributed by atoms with Gasteiger partial charge in [0.05, 0.1) is 22.0 Å². The number of hydrogen-bond acceptors (Lipinski definition) is 4. The monoisotopic (exact) mass is 446 g/mol. The van der Waals surface area contributed by atoms with E-state index in [1.807, 2.05) is 44.2 Å². The topological polar surface area (TPSA) is 93.1 Å². The van der Waals surface area contributed by atoms with Gasteiger partial charge in [-0.05, 0) is 68.4 Å². The summed E-state index contributed by atoms with van der Waals surface area (Å²) < 4.78 is 29.2. The fraction of sp³-hybridized carbons (Fsp3) is 0.0833. The molecule has 32 heavy (non-hydrogen) atoms. The molecule has 1 aromatic heterocycles. The molecule has 0 unspecified atom stereocenters. The van der Waals surface area contributed by atoms with Crippen molar-refractivity contribution in [1.29, 1.82) is 0 Å². The molecule has 0 atom stereocenters. The lowest BCUT2D eigenvalue weighted by atomic mass is 10.2. The summed E-state index contributed by atoms with van der Waals surface area (Å²) in [7, 11) is -3.69. The molecule has 4 rings (SSSR count). The molecule has 8 heteroatoms. The largest absolute Gasteiger partial charge is 0.320 e. The van der Waals surface area contributed by atoms with Crippen LogP contribution >= 0.6 is 0 Å². The number of sulfonamides is 1. The Balaban J connectivity index is 1.52. The van der Waals surface area contributed by atoms with E-state index < -0.39 is 10.0 Å². The number of anilines is 2. The van der Waals surface area contributed by atoms with E-state index >= 15 is 0 Å². The van der Waals surface area contributed by atoms with E-state index in [0.29, 0.717) is 16.9 Å². The second-order valence-corrected chi connectivity index (χ2v) is 8.99. The van der Waals surface area contributed by atoms with Gasteiger partial charge in [0.15, 0.2) is 0 Å². The van der Waals surface area contributed by atoms with Gasteiger partial charge in [-0.3, -0.25) is 9.52 Å². The Bertz CT molecular complexity index is 1360. The molecular weight excluding hydrogens is 424 g/mol. The van der Waals surface area contributed by atoms with Crippen LogP contribution < -0.4 is 10.0 Å². The highest BCUT2D eigenvalue weighted by molar-refractivity contribution is 7.92. The van der Waals surface area contributed by atoms with E-state index in [1.165, 1.54) is 12.1 Å². The fourth-order valence-corrected chi connectivity index (χ4v) is 4.41. The number of para-hydroxylation sites is 2. The second kappa shape index (κ2) is 8.68. The van der Waals surface area contributed by atoms with Crippen molar-refractivity contribution in [2.24, 2.45) is 0 Å². The third-order valence-corrected chi connectivity index (χ3v) is 6.24. The van der Waals surface area contributed by atoms with Crippen molar-refractivity contribution in [3.63, 3.8) is 0 Å². The van der Waals surface area contributed by atoms with Crippen molar-refractivity contribution in [2.75, 3.05) is 10.0 Å². The molecule has 0 aliphatic heterocycles. The molecule has 0 fully saturated rings. The lowest BCUT2D eigenvalue weighted by Gasteiger charge is -2.13. The van der Waals surface area contributed by atoms with E-state index in [9.17, 15) is 13.2 Å². The number of nitrogens with one attached hydrogen (secondary N) is 2. The summed E-state index contributed by atoms with van der Waals surface area (Å²) in [6.07, 6.45) is 0. The van der Waals surface area contributed by atoms with Crippen molar-refractivity contribution >= 4 is 27.3 Å². The summed E-state index contributed by atoms with van der Waals surface area (Å²) in [4.78, 5) is 13.0. The minimum atomic E-state index is -3.69. The number of aromatic nitrogens is 2. The molecule has 3 aromatic carbocycles. The van der Waals surface area contributed by atoms with Gasteiger partial charge in [0.2, 0.25) is 0 Å². The van der Waals surface area contributed by atoms with Crippen LogP contribution in [-0.2, 0) is 10.0 Å². The van der Waals surface area contributed by atoms with Gasteiger partial charge in [0.25, 0.3) is 15.9 Å². The number of carbonyl (C=O) groups is 1. The molecule has 0 saturated carbocycles. The van der Waals surface area contributed by atoms with Gasteiger partial charge in [-0.1, -0.05) is 30.3 Å². The Hall–Kier alpha value is -3.91. The lowest BCUT2D eigenvalue weighted by Crippen LogP contribution is -2.15. The summed E-state index contributed by atoms with van der Waals surface area (Å²) in [6, 6.07) is 23.8. The molecule has 162 valence electrons. The Morgan fingerprint density at radius 2 is 1.53 bits per heavy atom. The number of carbonyl (C=O) groups excluding carboxylic acids is 1. The summed E-state index contributed by atoms with van der Waals surface area (Å²) in [5, 5.41) is 7.41. The number of benzene rings is 3. The molecule has 0 saturated heterocycles. The smallest absolute Gasteiger partial charge is 0.261 e. The van der Waals surface area contributed by atoms with Gasteiger partial charge in [0.1, 0.15) is 0 Å². The Morgan fingerprint density at radius 3 is 2.19 bits per heavy atom. The lowest BCUT2D eigenvalue weighted by molar-refractivity contribution is 0.102. The second-order valence-electron chi connectivity index (χ2n) is 7.31. The first-order valence-electron chi connectivity index (χ1n) is 9.95. The molecule has 0 radical (unpaired) electrons. The minimum absolute atomic E-state index is 0.169. The third-order valence-electron chi connectivity index (χ3n) is 4.84. The average molecular weight is 447 g/mol. The highest BCUT2D eigenvalue weighted by atomic mass is 32.2. The van der Waals surface area contributed by atoms with Crippen molar-refractivity contribution in [3.8, 4) is 5.69 Å². The van der Waals surface area contributed by atoms with Crippen LogP contribution in [0.5, 0.6) is 0 Å². The maximum atomic E-state index is 12.8. The van der Waals surface area contributed by atoms with Crippen LogP contribution in [0.3, 0.4) is 0 Å². The summed E-state index contributed by atoms with van der Waals surface area (Å²) >= 11 is 0. The molecule has 0 bridgehead atoms. The van der Waals surface area contributed by atoms with Gasteiger partial charge in [-0.15, -0.1) is 0 Å². The first-order chi connectivity index (χ1) is 15.3. The van der Waals surface area contributed by atoms with Crippen LogP contribution in [0.4, 0.5) is 11.4 Å². The third kappa shape index (κ3) is 4.55. The van der Waals surface area contributed by atoms with Crippen molar-refractivity contribution in [3.05, 3.63) is 102 Å². The van der Waals surface area contributed by atoms with Gasteiger partial charge >= 0.3 is 0 Å². The molecule has 0 aliphatic carbocycles. The summed E-state index contributed by atoms with van der Waals surface area (Å²) in [5.41, 5.74) is 4.00. The number of aryl methyl sites for hydroxylation is 2. The average Bonchev–Trinajstić information content (AvgIpc) is 3.12. The molecule has 1 heterocycles. The first kappa shape index (κ1) is 21.3. The Labute approximate surface area is 186 Å². The van der Waals surface area contributed by atoms with Crippen LogP contribution in [-0.4, -0.2) is 24.1 Å². The van der Waals surface area contributed by atoms with E-state index in [1.54, 1.807) is 47.1 Å². The fourth-order valence-electron chi connectivity index (χ4n) is 3.33. The van der Waals surface area contributed by atoms with Gasteiger partial charge in [-0.25, -0.2) is 13.1 Å². The van der Waals surface area contributed by atoms with Crippen molar-refractivity contribution in [1.82, 2.24) is 9.78 Å². The van der Waals surface area contributed by atoms with Crippen LogP contribution in [0.1, 0.15) is 21.7 Å². The zero-order valence-electron chi connectivity index (χ0n) is 17.6. The predicted molar refractivity (Wildman–Crippen MR) is 125 cm³/mol. The molecule has 4 aromatic rings. The normalized spacial score (nSPS) is 11.2. The Morgan fingerprint density at radius 1 is 0.875 bits per heavy atom. The molecule has 0 spiro atoms. The molecule has 1 amide bonds. The molecular formula is C24H22N4O3S. The first-order valence-corrected chi connectivity index (χ1v) is 11.4. The quantitative estimate of drug-likeness (QED) is 0.455. The number of hydrogen-bond donors (Lipinski definition) is 2. The zero-order chi connectivity index (χ0) is 22.7. The number of nitrogens with zero attached hydrogens (tertiary/aromatic N) is 2. The van der Waals surface area contributed by atoms with Gasteiger partial charge < -0.3 is 5.32 Å². The van der Waals surface area contributed by atoms with E-state index in [-0.39, 0.29) is 10.8 Å². The summed E-state index contributed by atoms with van der Waals surface area (Å²) in [5.74, 6) is -0.309. The molecule has 0 aliphatic rings. The predicted octanol–water partition coefficient (Wildman–Crippen LogP) is 4.54. The van der Waals surface area contributed by atoms with Crippen molar-refractivity contribution < 1.29 is 13.2 Å². The van der Waals surface area contributed by atoms with E-state index in [0.717, 1.165) is 17.1 Å². The SMILES string of the molecule is Cc1cc(C)n(-c2ccccc2NC(=O)c2ccc(NS(=O)(=O)c3ccccc3)cc2)n1. The van der Waals surface area contributed by atoms with Crippen molar-refractivity contribution in [2.45, 2.75) is 18.7 Å². The van der Waals surface area contributed by atoms with E-state index in [2.05, 4.69) is 15.1 Å². The van der Waals surface area contributed by atoms with Crippen LogP contribution in [0.15, 0.2) is 89.8 Å². The van der Waals surface area contributed by atoms with Crippen LogP contribution in [0.25, 0.3) is 5.69 Å². The number of amides is 1. The summed E-state index contributed by atoms with van der Waals surface area (Å²) in [6.45, 7) is 3.87. The minimum Gasteiger partial charge on any atom is -0.320 e. The zero-order valence-corrected chi connectivity index (χ0v) is 18.4. The molecule has 2 N–H and O–H groups in total. The maximum absolute atomic E-state index is 12.8. The molecule has 7 nitrogen and oxygen atoms in total. The van der Waals surface area contributed by atoms with E-state index in [4.69, 9.17) is 0 Å². The Kier molecular flexibility index (Phi) is 5.79. The van der Waals surface area contributed by atoms with Crippen LogP contribution in [0.2, 0.25) is 0 Å². The maximum Gasteiger partial charge on any atom is 0.261 e. The number of rotatable bonds is 6. The standard InChI is InChI=1S/C24H22N4O3S/c1-17-16-18(2)28(26-17)23-11-7-6-10-22(23)25-24(29)19-12-14-20(15-13-19)27-32(30,31)21-8-4-3-5-9-21/h3-16,27H,1-2H3,(H,25,29). The highest BCUT2D eigenvalue weighted by Crippen LogP contribution is 2.23. The van der Waals surface area contributed by atoms with Crippen LogP contribution in [0, 0.1) is 13.8 Å². The van der Waals surface area contributed by atoms with Gasteiger partial charge in [-0.2, -0.15) is 5.10 Å². The van der Waals surface area contributed by atoms with Gasteiger partial charge in [0, 0.05) is 16.9 Å². The highest BCUT2D eigenvalue weighted by Gasteiger charge is 2.15.